The third-order valence-corrected chi connectivity index (χ3v) is 9.77. The molecule has 6 atom stereocenters. The molecule has 2 aliphatic heterocycles. The van der Waals surface area contributed by atoms with Crippen LogP contribution in [0.1, 0.15) is 29.9 Å². The molecule has 42 heavy (non-hydrogen) atoms. The molecule has 212 valence electrons. The summed E-state index contributed by atoms with van der Waals surface area (Å²) < 4.78 is 5.75. The zero-order valence-electron chi connectivity index (χ0n) is 22.6. The predicted octanol–water partition coefficient (Wildman–Crippen LogP) is 4.50. The Labute approximate surface area is 246 Å². The molecule has 1 saturated carbocycles. The largest absolute Gasteiger partial charge is 0.508 e. The minimum absolute atomic E-state index is 0.0129. The molecule has 9 heteroatoms. The van der Waals surface area contributed by atoms with E-state index in [4.69, 9.17) is 16.3 Å². The molecule has 0 bridgehead atoms. The topological polar surface area (TPSA) is 113 Å². The number of carbonyl (C=O) groups is 4. The maximum Gasteiger partial charge on any atom is 0.246 e. The van der Waals surface area contributed by atoms with E-state index < -0.39 is 40.9 Å². The standard InChI is InChI=1S/C33H27ClN2O6/c1-42-26-15-20(37)10-11-22(26)28-21-12-13-23-27(30(39)35-29(23)38)24(21)16-25-31(40)36(19-9-5-8-18(34)14-19)32(41)33(25,28)17-6-3-2-4-7-17/h2-12,14-15,23-25,27-28,37H,13,16H2,1H3,(H,35,38,39). The Morgan fingerprint density at radius 1 is 0.952 bits per heavy atom. The van der Waals surface area contributed by atoms with E-state index in [0.29, 0.717) is 34.0 Å². The minimum Gasteiger partial charge on any atom is -0.508 e. The van der Waals surface area contributed by atoms with Gasteiger partial charge in [0.1, 0.15) is 11.5 Å². The number of carbonyl (C=O) groups excluding carboxylic acids is 4. The van der Waals surface area contributed by atoms with Gasteiger partial charge in [0.05, 0.1) is 36.0 Å². The molecule has 3 aromatic rings. The lowest BCUT2D eigenvalue weighted by atomic mass is 9.49. The number of rotatable bonds is 4. The van der Waals surface area contributed by atoms with Crippen LogP contribution in [0.3, 0.4) is 0 Å². The number of nitrogens with one attached hydrogen (secondary N) is 1. The molecule has 2 aliphatic carbocycles. The number of methoxy groups -OCH3 is 1. The van der Waals surface area contributed by atoms with Gasteiger partial charge in [0.25, 0.3) is 0 Å². The van der Waals surface area contributed by atoms with E-state index in [9.17, 15) is 19.5 Å². The van der Waals surface area contributed by atoms with Gasteiger partial charge in [-0.1, -0.05) is 65.7 Å². The molecule has 0 spiro atoms. The maximum atomic E-state index is 15.1. The zero-order chi connectivity index (χ0) is 29.3. The molecule has 3 aromatic carbocycles. The quantitative estimate of drug-likeness (QED) is 0.346. The third-order valence-electron chi connectivity index (χ3n) is 9.54. The second-order valence-corrected chi connectivity index (χ2v) is 11.8. The summed E-state index contributed by atoms with van der Waals surface area (Å²) in [7, 11) is 1.49. The van der Waals surface area contributed by atoms with Gasteiger partial charge in [0, 0.05) is 22.6 Å². The summed E-state index contributed by atoms with van der Waals surface area (Å²) >= 11 is 6.32. The number of halogens is 1. The van der Waals surface area contributed by atoms with E-state index >= 15 is 4.79 Å². The first-order valence-electron chi connectivity index (χ1n) is 13.9. The van der Waals surface area contributed by atoms with Gasteiger partial charge in [-0.3, -0.25) is 24.5 Å². The van der Waals surface area contributed by atoms with Crippen molar-refractivity contribution in [3.05, 3.63) is 101 Å². The number of hydrogen-bond acceptors (Lipinski definition) is 6. The van der Waals surface area contributed by atoms with Crippen molar-refractivity contribution in [2.24, 2.45) is 23.7 Å². The molecule has 2 N–H and O–H groups in total. The number of anilines is 1. The number of fused-ring (bicyclic) bond motifs is 4. The summed E-state index contributed by atoms with van der Waals surface area (Å²) in [6.45, 7) is 0. The van der Waals surface area contributed by atoms with E-state index in [1.54, 1.807) is 30.3 Å². The van der Waals surface area contributed by atoms with Crippen molar-refractivity contribution in [2.45, 2.75) is 24.2 Å². The van der Waals surface area contributed by atoms with Gasteiger partial charge >= 0.3 is 0 Å². The Morgan fingerprint density at radius 2 is 1.74 bits per heavy atom. The molecule has 3 fully saturated rings. The number of amides is 4. The summed E-state index contributed by atoms with van der Waals surface area (Å²) in [5.74, 6) is -4.36. The Hall–Kier alpha value is -4.43. The highest BCUT2D eigenvalue weighted by Crippen LogP contribution is 2.65. The zero-order valence-corrected chi connectivity index (χ0v) is 23.4. The van der Waals surface area contributed by atoms with Crippen LogP contribution in [-0.2, 0) is 24.6 Å². The van der Waals surface area contributed by atoms with Crippen LogP contribution < -0.4 is 15.0 Å². The third kappa shape index (κ3) is 3.54. The minimum atomic E-state index is -1.40. The van der Waals surface area contributed by atoms with Crippen LogP contribution >= 0.6 is 11.6 Å². The first-order chi connectivity index (χ1) is 20.3. The van der Waals surface area contributed by atoms with Crippen LogP contribution in [0.15, 0.2) is 84.4 Å². The van der Waals surface area contributed by atoms with Gasteiger partial charge in [-0.2, -0.15) is 0 Å². The first-order valence-corrected chi connectivity index (χ1v) is 14.3. The van der Waals surface area contributed by atoms with Gasteiger partial charge in [0.2, 0.25) is 23.6 Å². The number of imide groups is 2. The number of allylic oxidation sites excluding steroid dienone is 2. The van der Waals surface area contributed by atoms with Crippen LogP contribution in [-0.4, -0.2) is 35.8 Å². The molecule has 2 saturated heterocycles. The second kappa shape index (κ2) is 9.56. The Balaban J connectivity index is 1.54. The fourth-order valence-corrected chi connectivity index (χ4v) is 8.12. The van der Waals surface area contributed by atoms with Gasteiger partial charge < -0.3 is 9.84 Å². The van der Waals surface area contributed by atoms with Crippen molar-refractivity contribution in [1.29, 1.82) is 0 Å². The molecule has 4 aliphatic rings. The molecule has 0 radical (unpaired) electrons. The normalized spacial score (nSPS) is 29.9. The lowest BCUT2D eigenvalue weighted by Gasteiger charge is -2.50. The molecule has 8 nitrogen and oxygen atoms in total. The number of aromatic hydroxyl groups is 1. The summed E-state index contributed by atoms with van der Waals surface area (Å²) in [5, 5.41) is 13.2. The highest BCUT2D eigenvalue weighted by Gasteiger charge is 2.70. The van der Waals surface area contributed by atoms with Gasteiger partial charge in [-0.15, -0.1) is 0 Å². The molecule has 6 unspecified atom stereocenters. The molecular formula is C33H27ClN2O6. The van der Waals surface area contributed by atoms with Crippen molar-refractivity contribution in [3.8, 4) is 11.5 Å². The van der Waals surface area contributed by atoms with Gasteiger partial charge in [-0.25, -0.2) is 4.90 Å². The molecule has 7 rings (SSSR count). The maximum absolute atomic E-state index is 15.1. The lowest BCUT2D eigenvalue weighted by Crippen LogP contribution is -2.53. The number of phenols is 1. The number of benzene rings is 3. The van der Waals surface area contributed by atoms with Crippen LogP contribution in [0.5, 0.6) is 11.5 Å². The molecule has 2 heterocycles. The van der Waals surface area contributed by atoms with Crippen LogP contribution in [0.4, 0.5) is 5.69 Å². The highest BCUT2D eigenvalue weighted by molar-refractivity contribution is 6.32. The number of phenolic OH excluding ortho intramolecular Hbond substituents is 1. The molecule has 4 amide bonds. The van der Waals surface area contributed by atoms with Crippen molar-refractivity contribution in [1.82, 2.24) is 5.32 Å². The van der Waals surface area contributed by atoms with E-state index in [0.717, 1.165) is 5.57 Å². The van der Waals surface area contributed by atoms with E-state index in [1.807, 2.05) is 36.4 Å². The monoisotopic (exact) mass is 582 g/mol. The average molecular weight is 583 g/mol. The first kappa shape index (κ1) is 26.5. The van der Waals surface area contributed by atoms with Crippen molar-refractivity contribution < 1.29 is 29.0 Å². The number of hydrogen-bond donors (Lipinski definition) is 2. The van der Waals surface area contributed by atoms with Gasteiger partial charge in [-0.05, 0) is 48.6 Å². The van der Waals surface area contributed by atoms with E-state index in [1.165, 1.54) is 24.1 Å². The Bertz CT molecular complexity index is 1700. The molecular weight excluding hydrogens is 556 g/mol. The van der Waals surface area contributed by atoms with Crippen molar-refractivity contribution in [3.63, 3.8) is 0 Å². The summed E-state index contributed by atoms with van der Waals surface area (Å²) in [5.41, 5.74) is 1.05. The van der Waals surface area contributed by atoms with Crippen molar-refractivity contribution >= 4 is 40.9 Å². The fraction of sp³-hybridized carbons (Fsp3) is 0.273. The van der Waals surface area contributed by atoms with E-state index in [-0.39, 0.29) is 29.9 Å². The highest BCUT2D eigenvalue weighted by atomic mass is 35.5. The van der Waals surface area contributed by atoms with Crippen LogP contribution in [0.2, 0.25) is 5.02 Å². The molecule has 0 aromatic heterocycles. The van der Waals surface area contributed by atoms with Crippen molar-refractivity contribution in [2.75, 3.05) is 12.0 Å². The summed E-state index contributed by atoms with van der Waals surface area (Å²) in [6, 6.07) is 20.6. The smallest absolute Gasteiger partial charge is 0.246 e. The van der Waals surface area contributed by atoms with Crippen LogP contribution in [0, 0.1) is 23.7 Å². The van der Waals surface area contributed by atoms with E-state index in [2.05, 4.69) is 5.32 Å². The second-order valence-electron chi connectivity index (χ2n) is 11.4. The Kier molecular flexibility index (Phi) is 6.02. The van der Waals surface area contributed by atoms with Crippen LogP contribution in [0.25, 0.3) is 0 Å². The predicted molar refractivity (Wildman–Crippen MR) is 154 cm³/mol. The summed E-state index contributed by atoms with van der Waals surface area (Å²) in [4.78, 5) is 56.8. The number of ether oxygens (including phenoxy) is 1. The number of nitrogens with zero attached hydrogens (tertiary/aromatic N) is 1. The average Bonchev–Trinajstić information content (AvgIpc) is 3.41. The SMILES string of the molecule is COc1cc(O)ccc1C1C2=CCC3C(=O)NC(=O)C3C2CC2C(=O)N(c3cccc(Cl)c3)C(=O)C21c1ccccc1. The lowest BCUT2D eigenvalue weighted by molar-refractivity contribution is -0.128. The summed E-state index contributed by atoms with van der Waals surface area (Å²) in [6.07, 6.45) is 2.52. The Morgan fingerprint density at radius 3 is 2.48 bits per heavy atom. The van der Waals surface area contributed by atoms with Gasteiger partial charge in [0.15, 0.2) is 0 Å². The fourth-order valence-electron chi connectivity index (χ4n) is 7.94.